The Balaban J connectivity index is 1.38. The summed E-state index contributed by atoms with van der Waals surface area (Å²) in [5, 5.41) is 6.56. The molecule has 146 valence electrons. The minimum absolute atomic E-state index is 0.0422. The number of aryl methyl sites for hydroxylation is 2. The van der Waals surface area contributed by atoms with Crippen LogP contribution in [0, 0.1) is 5.92 Å². The molecule has 1 amide bonds. The molecule has 5 nitrogen and oxygen atoms in total. The fourth-order valence-electron chi connectivity index (χ4n) is 5.32. The van der Waals surface area contributed by atoms with E-state index in [1.807, 2.05) is 12.1 Å². The lowest BCUT2D eigenvalue weighted by molar-refractivity contribution is -0.127. The summed E-state index contributed by atoms with van der Waals surface area (Å²) in [4.78, 5) is 25.8. The topological polar surface area (TPSA) is 63.1 Å². The number of piperidine rings is 1. The first-order valence-corrected chi connectivity index (χ1v) is 10.5. The van der Waals surface area contributed by atoms with Crippen molar-refractivity contribution >= 4 is 5.91 Å². The largest absolute Gasteiger partial charge is 0.350 e. The van der Waals surface area contributed by atoms with Gasteiger partial charge in [0.1, 0.15) is 6.04 Å². The van der Waals surface area contributed by atoms with Crippen molar-refractivity contribution in [1.29, 1.82) is 0 Å². The number of nitrogens with zero attached hydrogens (tertiary/aromatic N) is 1. The van der Waals surface area contributed by atoms with Crippen molar-refractivity contribution in [3.63, 3.8) is 0 Å². The molecule has 0 unspecified atom stereocenters. The molecule has 2 bridgehead atoms. The van der Waals surface area contributed by atoms with Crippen molar-refractivity contribution in [3.05, 3.63) is 69.1 Å². The molecule has 1 aliphatic carbocycles. The monoisotopic (exact) mass is 377 g/mol. The average molecular weight is 377 g/mol. The molecule has 3 heterocycles. The fourth-order valence-corrected chi connectivity index (χ4v) is 5.32. The van der Waals surface area contributed by atoms with Crippen molar-refractivity contribution in [3.8, 4) is 0 Å². The highest BCUT2D eigenvalue weighted by molar-refractivity contribution is 5.81. The van der Waals surface area contributed by atoms with Crippen LogP contribution >= 0.6 is 0 Å². The number of fused-ring (bicyclic) bond motifs is 5. The molecule has 2 aliphatic heterocycles. The molecule has 1 aromatic carbocycles. The highest BCUT2D eigenvalue weighted by atomic mass is 16.2. The van der Waals surface area contributed by atoms with Gasteiger partial charge in [0.05, 0.1) is 0 Å². The SMILES string of the molecule is O=C(NCc1ccc2c(c1)CCCC2)[C@H]1[C@@H]2CNC[C@@H](C2)c2cccc(=O)n21. The number of nitrogens with one attached hydrogen (secondary N) is 2. The summed E-state index contributed by atoms with van der Waals surface area (Å²) >= 11 is 0. The lowest BCUT2D eigenvalue weighted by Crippen LogP contribution is -2.52. The van der Waals surface area contributed by atoms with Crippen molar-refractivity contribution < 1.29 is 4.79 Å². The molecule has 0 spiro atoms. The number of rotatable bonds is 3. The second kappa shape index (κ2) is 7.21. The summed E-state index contributed by atoms with van der Waals surface area (Å²) in [6.07, 6.45) is 5.79. The molecule has 1 aromatic heterocycles. The molecular formula is C23H27N3O2. The third kappa shape index (κ3) is 3.08. The maximum absolute atomic E-state index is 13.2. The Labute approximate surface area is 165 Å². The Kier molecular flexibility index (Phi) is 4.55. The summed E-state index contributed by atoms with van der Waals surface area (Å²) in [6, 6.07) is 11.5. The summed E-state index contributed by atoms with van der Waals surface area (Å²) < 4.78 is 1.75. The van der Waals surface area contributed by atoms with E-state index in [2.05, 4.69) is 28.8 Å². The van der Waals surface area contributed by atoms with E-state index in [1.165, 1.54) is 30.4 Å². The van der Waals surface area contributed by atoms with Crippen LogP contribution in [0.15, 0.2) is 41.2 Å². The van der Waals surface area contributed by atoms with E-state index < -0.39 is 6.04 Å². The van der Waals surface area contributed by atoms with Crippen molar-refractivity contribution in [2.45, 2.75) is 50.6 Å². The lowest BCUT2D eigenvalue weighted by Gasteiger charge is -2.42. The number of hydrogen-bond donors (Lipinski definition) is 2. The molecule has 3 atom stereocenters. The molecule has 2 N–H and O–H groups in total. The van der Waals surface area contributed by atoms with Crippen molar-refractivity contribution in [2.24, 2.45) is 5.92 Å². The zero-order valence-corrected chi connectivity index (χ0v) is 16.1. The summed E-state index contributed by atoms with van der Waals surface area (Å²) in [7, 11) is 0. The van der Waals surface area contributed by atoms with Gasteiger partial charge in [0.15, 0.2) is 0 Å². The van der Waals surface area contributed by atoms with E-state index in [0.29, 0.717) is 12.5 Å². The third-order valence-electron chi connectivity index (χ3n) is 6.70. The second-order valence-electron chi connectivity index (χ2n) is 8.48. The Morgan fingerprint density at radius 2 is 1.96 bits per heavy atom. The fraction of sp³-hybridized carbons (Fsp3) is 0.478. The zero-order chi connectivity index (χ0) is 19.1. The molecule has 1 saturated heterocycles. The van der Waals surface area contributed by atoms with E-state index in [4.69, 9.17) is 0 Å². The molecule has 28 heavy (non-hydrogen) atoms. The van der Waals surface area contributed by atoms with Gasteiger partial charge in [-0.2, -0.15) is 0 Å². The number of aromatic nitrogens is 1. The molecule has 0 saturated carbocycles. The van der Waals surface area contributed by atoms with Gasteiger partial charge in [-0.05, 0) is 54.9 Å². The van der Waals surface area contributed by atoms with E-state index in [-0.39, 0.29) is 17.4 Å². The number of carbonyl (C=O) groups excluding carboxylic acids is 1. The first-order valence-electron chi connectivity index (χ1n) is 10.5. The average Bonchev–Trinajstić information content (AvgIpc) is 2.73. The summed E-state index contributed by atoms with van der Waals surface area (Å²) in [5.74, 6) is 0.437. The number of hydrogen-bond acceptors (Lipinski definition) is 3. The maximum atomic E-state index is 13.2. The molecule has 1 fully saturated rings. The van der Waals surface area contributed by atoms with Gasteiger partial charge in [0, 0.05) is 43.2 Å². The van der Waals surface area contributed by atoms with Gasteiger partial charge in [-0.3, -0.25) is 14.2 Å². The lowest BCUT2D eigenvalue weighted by atomic mass is 9.79. The van der Waals surface area contributed by atoms with E-state index in [1.54, 1.807) is 10.6 Å². The van der Waals surface area contributed by atoms with Crippen LogP contribution in [0.1, 0.15) is 53.6 Å². The molecule has 5 rings (SSSR count). The van der Waals surface area contributed by atoms with E-state index in [0.717, 1.165) is 37.2 Å². The van der Waals surface area contributed by atoms with Crippen LogP contribution in [-0.4, -0.2) is 23.6 Å². The van der Waals surface area contributed by atoms with Gasteiger partial charge in [-0.1, -0.05) is 24.3 Å². The highest BCUT2D eigenvalue weighted by Crippen LogP contribution is 2.38. The van der Waals surface area contributed by atoms with Crippen LogP contribution < -0.4 is 16.2 Å². The minimum Gasteiger partial charge on any atom is -0.350 e. The van der Waals surface area contributed by atoms with Crippen LogP contribution in [0.25, 0.3) is 0 Å². The normalized spacial score (nSPS) is 25.5. The van der Waals surface area contributed by atoms with Crippen LogP contribution in [0.5, 0.6) is 0 Å². The number of pyridine rings is 1. The van der Waals surface area contributed by atoms with Crippen LogP contribution in [-0.2, 0) is 24.2 Å². The quantitative estimate of drug-likeness (QED) is 0.863. The zero-order valence-electron chi connectivity index (χ0n) is 16.1. The molecule has 3 aliphatic rings. The van der Waals surface area contributed by atoms with Crippen LogP contribution in [0.3, 0.4) is 0 Å². The van der Waals surface area contributed by atoms with E-state index in [9.17, 15) is 9.59 Å². The van der Waals surface area contributed by atoms with Gasteiger partial charge in [0.2, 0.25) is 5.91 Å². The van der Waals surface area contributed by atoms with Crippen LogP contribution in [0.4, 0.5) is 0 Å². The number of carbonyl (C=O) groups is 1. The van der Waals surface area contributed by atoms with Crippen molar-refractivity contribution in [2.75, 3.05) is 13.1 Å². The Hall–Kier alpha value is -2.40. The second-order valence-corrected chi connectivity index (χ2v) is 8.48. The van der Waals surface area contributed by atoms with Gasteiger partial charge in [0.25, 0.3) is 5.56 Å². The smallest absolute Gasteiger partial charge is 0.251 e. The van der Waals surface area contributed by atoms with Crippen molar-refractivity contribution in [1.82, 2.24) is 15.2 Å². The molecule has 5 heteroatoms. The Bertz CT molecular complexity index is 965. The summed E-state index contributed by atoms with van der Waals surface area (Å²) in [6.45, 7) is 2.18. The van der Waals surface area contributed by atoms with Gasteiger partial charge < -0.3 is 10.6 Å². The standard InChI is InChI=1S/C23H27N3O2/c27-21-7-3-6-20-18-11-19(14-24-13-18)22(26(20)21)23(28)25-12-15-8-9-16-4-1-2-5-17(16)10-15/h3,6-10,18-19,22,24H,1-2,4-5,11-14H2,(H,25,28)/t18-,19+,22-/m1/s1. The summed E-state index contributed by atoms with van der Waals surface area (Å²) in [5.41, 5.74) is 4.95. The van der Waals surface area contributed by atoms with Gasteiger partial charge >= 0.3 is 0 Å². The molecule has 2 aromatic rings. The molecule has 0 radical (unpaired) electrons. The van der Waals surface area contributed by atoms with Gasteiger partial charge in [-0.25, -0.2) is 0 Å². The Morgan fingerprint density at radius 1 is 1.11 bits per heavy atom. The first kappa shape index (κ1) is 17.7. The highest BCUT2D eigenvalue weighted by Gasteiger charge is 2.41. The predicted octanol–water partition coefficient (Wildman–Crippen LogP) is 2.29. The van der Waals surface area contributed by atoms with Gasteiger partial charge in [-0.15, -0.1) is 0 Å². The minimum atomic E-state index is -0.426. The number of amides is 1. The maximum Gasteiger partial charge on any atom is 0.251 e. The van der Waals surface area contributed by atoms with Crippen LogP contribution in [0.2, 0.25) is 0 Å². The molecular weight excluding hydrogens is 350 g/mol. The van der Waals surface area contributed by atoms with E-state index >= 15 is 0 Å². The number of benzene rings is 1. The Morgan fingerprint density at radius 3 is 2.86 bits per heavy atom. The first-order chi connectivity index (χ1) is 13.7. The predicted molar refractivity (Wildman–Crippen MR) is 108 cm³/mol. The third-order valence-corrected chi connectivity index (χ3v) is 6.70.